The molecular weight excluding hydrogens is 418 g/mol. The van der Waals surface area contributed by atoms with Gasteiger partial charge in [0.25, 0.3) is 0 Å². The van der Waals surface area contributed by atoms with Gasteiger partial charge in [0.1, 0.15) is 0 Å². The summed E-state index contributed by atoms with van der Waals surface area (Å²) in [5, 5.41) is 0. The summed E-state index contributed by atoms with van der Waals surface area (Å²) < 4.78 is 5.98. The van der Waals surface area contributed by atoms with Crippen LogP contribution < -0.4 is 0 Å². The molecule has 0 heterocycles. The second-order valence-corrected chi connectivity index (χ2v) is 11.5. The molecule has 0 unspecified atom stereocenters. The Bertz CT molecular complexity index is 422. The lowest BCUT2D eigenvalue weighted by Crippen LogP contribution is -2.45. The van der Waals surface area contributed by atoms with Crippen LogP contribution in [-0.4, -0.2) is 44.2 Å². The van der Waals surface area contributed by atoms with Gasteiger partial charge >= 0.3 is 5.97 Å². The van der Waals surface area contributed by atoms with Crippen molar-refractivity contribution >= 4 is 5.97 Å². The van der Waals surface area contributed by atoms with Gasteiger partial charge in [-0.3, -0.25) is 0 Å². The molecule has 3 heteroatoms. The van der Waals surface area contributed by atoms with Crippen molar-refractivity contribution in [3.05, 3.63) is 0 Å². The number of unbranched alkanes of at least 4 members (excludes halogenated alkanes) is 21. The van der Waals surface area contributed by atoms with Crippen LogP contribution in [-0.2, 0) is 9.53 Å². The molecule has 34 heavy (non-hydrogen) atoms. The zero-order chi connectivity index (χ0) is 25.2. The second-order valence-electron chi connectivity index (χ2n) is 11.5. The molecule has 0 bridgehead atoms. The minimum atomic E-state index is -0.0503. The van der Waals surface area contributed by atoms with Gasteiger partial charge in [0.05, 0.1) is 27.2 Å². The number of hydrogen-bond acceptors (Lipinski definition) is 2. The normalized spacial score (nSPS) is 11.8. The van der Waals surface area contributed by atoms with E-state index in [2.05, 4.69) is 21.0 Å². The number of nitrogens with zero attached hydrogens (tertiary/aromatic N) is 1. The van der Waals surface area contributed by atoms with Crippen molar-refractivity contribution in [2.45, 2.75) is 162 Å². The van der Waals surface area contributed by atoms with Crippen molar-refractivity contribution in [2.24, 2.45) is 0 Å². The predicted octanol–water partition coefficient (Wildman–Crippen LogP) is 9.62. The molecule has 0 atom stereocenters. The topological polar surface area (TPSA) is 26.3 Å². The molecule has 0 aliphatic heterocycles. The highest BCUT2D eigenvalue weighted by Gasteiger charge is 2.20. The first-order valence-electron chi connectivity index (χ1n) is 15.5. The maximum atomic E-state index is 11.8. The Labute approximate surface area is 215 Å². The number of carbonyl (C=O) groups excluding carboxylic acids is 1. The Morgan fingerprint density at radius 1 is 0.500 bits per heavy atom. The minimum absolute atomic E-state index is 0.0503. The molecule has 204 valence electrons. The first-order valence-corrected chi connectivity index (χ1v) is 15.5. The molecule has 3 nitrogen and oxygen atoms in total. The standard InChI is InChI=1S/C31H64NO2/c1-5-7-8-9-10-11-12-13-14-15-16-17-18-19-20-21-22-23-24-25-26-27-28-32(3,4)30-31(33)34-29-6-2/h5-30H2,1-4H3/q+1. The Balaban J connectivity index is 3.23. The first-order chi connectivity index (χ1) is 16.5. The number of likely N-dealkylation sites (N-methyl/N-ethyl adjacent to an activating group) is 1. The molecule has 0 spiro atoms. The van der Waals surface area contributed by atoms with Gasteiger partial charge in [-0.25, -0.2) is 4.79 Å². The fourth-order valence-electron chi connectivity index (χ4n) is 4.84. The number of rotatable bonds is 27. The molecule has 0 amide bonds. The Morgan fingerprint density at radius 3 is 1.15 bits per heavy atom. The molecule has 0 aliphatic carbocycles. The fourth-order valence-corrected chi connectivity index (χ4v) is 4.84. The molecule has 0 aromatic heterocycles. The van der Waals surface area contributed by atoms with Gasteiger partial charge in [-0.05, 0) is 19.3 Å². The van der Waals surface area contributed by atoms with Gasteiger partial charge in [-0.1, -0.05) is 142 Å². The van der Waals surface area contributed by atoms with Crippen molar-refractivity contribution in [1.29, 1.82) is 0 Å². The van der Waals surface area contributed by atoms with E-state index in [1.165, 1.54) is 141 Å². The van der Waals surface area contributed by atoms with Crippen molar-refractivity contribution in [3.63, 3.8) is 0 Å². The summed E-state index contributed by atoms with van der Waals surface area (Å²) in [5.41, 5.74) is 0. The molecular formula is C31H64NO2+. The largest absolute Gasteiger partial charge is 0.462 e. The van der Waals surface area contributed by atoms with Crippen LogP contribution in [0.3, 0.4) is 0 Å². The lowest BCUT2D eigenvalue weighted by atomic mass is 10.0. The van der Waals surface area contributed by atoms with Gasteiger partial charge in [-0.2, -0.15) is 0 Å². The van der Waals surface area contributed by atoms with E-state index in [1.807, 2.05) is 6.92 Å². The van der Waals surface area contributed by atoms with Crippen molar-refractivity contribution in [1.82, 2.24) is 0 Å². The van der Waals surface area contributed by atoms with Crippen molar-refractivity contribution < 1.29 is 14.0 Å². The number of carbonyl (C=O) groups is 1. The average molecular weight is 483 g/mol. The van der Waals surface area contributed by atoms with E-state index in [4.69, 9.17) is 4.74 Å². The van der Waals surface area contributed by atoms with Crippen LogP contribution >= 0.6 is 0 Å². The number of hydrogen-bond donors (Lipinski definition) is 0. The molecule has 0 rings (SSSR count). The quantitative estimate of drug-likeness (QED) is 0.0661. The summed E-state index contributed by atoms with van der Waals surface area (Å²) in [5.74, 6) is -0.0503. The van der Waals surface area contributed by atoms with Gasteiger partial charge in [0.15, 0.2) is 6.54 Å². The Hall–Kier alpha value is -0.570. The van der Waals surface area contributed by atoms with Crippen LogP contribution in [0.4, 0.5) is 0 Å². The summed E-state index contributed by atoms with van der Waals surface area (Å²) in [6, 6.07) is 0. The summed E-state index contributed by atoms with van der Waals surface area (Å²) >= 11 is 0. The number of esters is 1. The van der Waals surface area contributed by atoms with E-state index >= 15 is 0 Å². The van der Waals surface area contributed by atoms with Crippen molar-refractivity contribution in [2.75, 3.05) is 33.8 Å². The highest BCUT2D eigenvalue weighted by molar-refractivity contribution is 5.70. The van der Waals surface area contributed by atoms with Gasteiger partial charge in [0.2, 0.25) is 0 Å². The van der Waals surface area contributed by atoms with Gasteiger partial charge in [-0.15, -0.1) is 0 Å². The molecule has 0 aliphatic rings. The summed E-state index contributed by atoms with van der Waals surface area (Å²) in [6.45, 7) is 6.46. The van der Waals surface area contributed by atoms with Crippen molar-refractivity contribution in [3.8, 4) is 0 Å². The molecule has 0 aromatic carbocycles. The molecule has 0 saturated carbocycles. The van der Waals surface area contributed by atoms with Crippen LogP contribution in [0.15, 0.2) is 0 Å². The van der Waals surface area contributed by atoms with Crippen LogP contribution in [0.25, 0.3) is 0 Å². The van der Waals surface area contributed by atoms with Gasteiger partial charge < -0.3 is 9.22 Å². The van der Waals surface area contributed by atoms with Crippen LogP contribution in [0.5, 0.6) is 0 Å². The molecule has 0 N–H and O–H groups in total. The Morgan fingerprint density at radius 2 is 0.824 bits per heavy atom. The van der Waals surface area contributed by atoms with E-state index in [0.717, 1.165) is 17.4 Å². The smallest absolute Gasteiger partial charge is 0.361 e. The maximum Gasteiger partial charge on any atom is 0.361 e. The van der Waals surface area contributed by atoms with Crippen LogP contribution in [0, 0.1) is 0 Å². The molecule has 0 saturated heterocycles. The zero-order valence-electron chi connectivity index (χ0n) is 24.1. The van der Waals surface area contributed by atoms with Crippen LogP contribution in [0.2, 0.25) is 0 Å². The lowest BCUT2D eigenvalue weighted by molar-refractivity contribution is -0.883. The van der Waals surface area contributed by atoms with E-state index in [9.17, 15) is 4.79 Å². The highest BCUT2D eigenvalue weighted by atomic mass is 16.5. The first kappa shape index (κ1) is 33.4. The van der Waals surface area contributed by atoms with E-state index in [1.54, 1.807) is 0 Å². The summed E-state index contributed by atoms with van der Waals surface area (Å²) in [6.07, 6.45) is 32.2. The third-order valence-electron chi connectivity index (χ3n) is 7.14. The van der Waals surface area contributed by atoms with Gasteiger partial charge in [0, 0.05) is 0 Å². The third-order valence-corrected chi connectivity index (χ3v) is 7.14. The Kier molecular flexibility index (Phi) is 25.1. The maximum absolute atomic E-state index is 11.8. The zero-order valence-corrected chi connectivity index (χ0v) is 24.1. The number of quaternary nitrogens is 1. The summed E-state index contributed by atoms with van der Waals surface area (Å²) in [4.78, 5) is 11.8. The third kappa shape index (κ3) is 26.0. The van der Waals surface area contributed by atoms with E-state index in [0.29, 0.717) is 13.2 Å². The molecule has 0 radical (unpaired) electrons. The monoisotopic (exact) mass is 482 g/mol. The van der Waals surface area contributed by atoms with Crippen LogP contribution in [0.1, 0.15) is 162 Å². The highest BCUT2D eigenvalue weighted by Crippen LogP contribution is 2.15. The minimum Gasteiger partial charge on any atom is -0.462 e. The number of ether oxygens (including phenoxy) is 1. The SMILES string of the molecule is CCCCCCCCCCCCCCCCCCCCCCCC[N+](C)(C)CC(=O)OCCC. The summed E-state index contributed by atoms with van der Waals surface area (Å²) in [7, 11) is 4.29. The second kappa shape index (κ2) is 25.5. The average Bonchev–Trinajstić information content (AvgIpc) is 2.80. The predicted molar refractivity (Wildman–Crippen MR) is 150 cm³/mol. The molecule has 0 aromatic rings. The lowest BCUT2D eigenvalue weighted by Gasteiger charge is -2.28. The molecule has 0 fully saturated rings. The fraction of sp³-hybridized carbons (Fsp3) is 0.968. The van der Waals surface area contributed by atoms with E-state index in [-0.39, 0.29) is 5.97 Å². The van der Waals surface area contributed by atoms with E-state index < -0.39 is 0 Å².